The van der Waals surface area contributed by atoms with Gasteiger partial charge in [0.15, 0.2) is 0 Å². The summed E-state index contributed by atoms with van der Waals surface area (Å²) in [6.45, 7) is -0.00172. The van der Waals surface area contributed by atoms with E-state index in [0.29, 0.717) is 0 Å². The normalized spacial score (nSPS) is 12.4. The summed E-state index contributed by atoms with van der Waals surface area (Å²) in [6, 6.07) is 41.3. The van der Waals surface area contributed by atoms with Crippen LogP contribution in [0.2, 0.25) is 0 Å². The highest BCUT2D eigenvalue weighted by molar-refractivity contribution is 5.50. The zero-order chi connectivity index (χ0) is 19.9. The van der Waals surface area contributed by atoms with Gasteiger partial charge in [-0.15, -0.1) is 0 Å². The van der Waals surface area contributed by atoms with E-state index in [1.54, 1.807) is 0 Å². The summed E-state index contributed by atoms with van der Waals surface area (Å²) in [5.74, 6) is 0. The van der Waals surface area contributed by atoms with Crippen molar-refractivity contribution >= 4 is 0 Å². The van der Waals surface area contributed by atoms with Gasteiger partial charge in [0.1, 0.15) is 0 Å². The lowest BCUT2D eigenvalue weighted by atomic mass is 9.76. The summed E-state index contributed by atoms with van der Waals surface area (Å²) in [6.07, 6.45) is 0. The average Bonchev–Trinajstić information content (AvgIpc) is 2.82. The molecule has 0 aliphatic rings. The molecule has 0 spiro atoms. The van der Waals surface area contributed by atoms with Crippen molar-refractivity contribution in [1.82, 2.24) is 5.32 Å². The predicted molar refractivity (Wildman–Crippen MR) is 119 cm³/mol. The highest BCUT2D eigenvalue weighted by Crippen LogP contribution is 2.38. The van der Waals surface area contributed by atoms with Crippen LogP contribution in [0.4, 0.5) is 0 Å². The third kappa shape index (κ3) is 3.86. The average molecular weight is 380 g/mol. The molecule has 0 aliphatic carbocycles. The monoisotopic (exact) mass is 379 g/mol. The van der Waals surface area contributed by atoms with Crippen molar-refractivity contribution in [3.05, 3.63) is 144 Å². The topological polar surface area (TPSA) is 32.3 Å². The first-order valence-corrected chi connectivity index (χ1v) is 9.94. The molecule has 4 rings (SSSR count). The lowest BCUT2D eigenvalue weighted by Crippen LogP contribution is -2.47. The minimum absolute atomic E-state index is 0.00172. The van der Waals surface area contributed by atoms with Gasteiger partial charge in [-0.3, -0.25) is 5.32 Å². The third-order valence-electron chi connectivity index (χ3n) is 5.40. The van der Waals surface area contributed by atoms with E-state index in [9.17, 15) is 5.11 Å². The Morgan fingerprint density at radius 3 is 1.24 bits per heavy atom. The molecule has 0 amide bonds. The van der Waals surface area contributed by atoms with Crippen LogP contribution in [0.3, 0.4) is 0 Å². The molecule has 0 heterocycles. The van der Waals surface area contributed by atoms with E-state index < -0.39 is 5.54 Å². The molecule has 29 heavy (non-hydrogen) atoms. The van der Waals surface area contributed by atoms with Gasteiger partial charge in [-0.1, -0.05) is 121 Å². The number of nitrogens with one attached hydrogen (secondary N) is 1. The predicted octanol–water partition coefficient (Wildman–Crippen LogP) is 5.30. The van der Waals surface area contributed by atoms with Crippen molar-refractivity contribution < 1.29 is 5.11 Å². The molecule has 4 aromatic carbocycles. The second-order valence-corrected chi connectivity index (χ2v) is 7.14. The van der Waals surface area contributed by atoms with Crippen LogP contribution in [0.25, 0.3) is 0 Å². The third-order valence-corrected chi connectivity index (χ3v) is 5.40. The van der Waals surface area contributed by atoms with Crippen molar-refractivity contribution in [2.75, 3.05) is 6.61 Å². The molecule has 144 valence electrons. The molecular weight excluding hydrogens is 354 g/mol. The maximum Gasteiger partial charge on any atom is 0.0953 e. The molecule has 0 saturated carbocycles. The molecule has 1 atom stereocenters. The smallest absolute Gasteiger partial charge is 0.0953 e. The molecular formula is C27H25NO. The fourth-order valence-corrected chi connectivity index (χ4v) is 4.00. The van der Waals surface area contributed by atoms with Crippen LogP contribution >= 0.6 is 0 Å². The second-order valence-electron chi connectivity index (χ2n) is 7.14. The number of hydrogen-bond acceptors (Lipinski definition) is 2. The van der Waals surface area contributed by atoms with Crippen LogP contribution < -0.4 is 5.32 Å². The first kappa shape index (κ1) is 19.1. The van der Waals surface area contributed by atoms with E-state index in [-0.39, 0.29) is 12.6 Å². The molecule has 0 saturated heterocycles. The molecule has 2 heteroatoms. The van der Waals surface area contributed by atoms with Gasteiger partial charge in [0.25, 0.3) is 0 Å². The van der Waals surface area contributed by atoms with E-state index >= 15 is 0 Å². The minimum atomic E-state index is -0.604. The van der Waals surface area contributed by atoms with Gasteiger partial charge < -0.3 is 5.11 Å². The largest absolute Gasteiger partial charge is 0.394 e. The van der Waals surface area contributed by atoms with Crippen molar-refractivity contribution in [3.8, 4) is 0 Å². The van der Waals surface area contributed by atoms with Crippen molar-refractivity contribution in [2.24, 2.45) is 0 Å². The summed E-state index contributed by atoms with van der Waals surface area (Å²) in [4.78, 5) is 0. The summed E-state index contributed by atoms with van der Waals surface area (Å²) in [7, 11) is 0. The lowest BCUT2D eigenvalue weighted by Gasteiger charge is -2.40. The van der Waals surface area contributed by atoms with Crippen LogP contribution in [0.15, 0.2) is 121 Å². The highest BCUT2D eigenvalue weighted by atomic mass is 16.3. The van der Waals surface area contributed by atoms with Gasteiger partial charge >= 0.3 is 0 Å². The first-order chi connectivity index (χ1) is 14.3. The standard InChI is InChI=1S/C27H25NO/c29-21-26(22-13-5-1-6-14-22)28-27(23-15-7-2-8-16-23,24-17-9-3-10-18-24)25-19-11-4-12-20-25/h1-20,26,28-29H,21H2. The van der Waals surface area contributed by atoms with Gasteiger partial charge in [0.2, 0.25) is 0 Å². The van der Waals surface area contributed by atoms with Crippen LogP contribution in [-0.4, -0.2) is 11.7 Å². The van der Waals surface area contributed by atoms with E-state index in [2.05, 4.69) is 90.2 Å². The quantitative estimate of drug-likeness (QED) is 0.427. The number of aliphatic hydroxyl groups is 1. The van der Waals surface area contributed by atoms with Gasteiger partial charge in [0.05, 0.1) is 18.2 Å². The van der Waals surface area contributed by atoms with Gasteiger partial charge in [-0.2, -0.15) is 0 Å². The van der Waals surface area contributed by atoms with Crippen LogP contribution in [0.5, 0.6) is 0 Å². The Balaban J connectivity index is 1.95. The molecule has 4 aromatic rings. The Bertz CT molecular complexity index is 905. The molecule has 2 nitrogen and oxygen atoms in total. The Labute approximate surface area is 172 Å². The van der Waals surface area contributed by atoms with Gasteiger partial charge in [0, 0.05) is 0 Å². The SMILES string of the molecule is OCC(NC(c1ccccc1)(c1ccccc1)c1ccccc1)c1ccccc1. The first-order valence-electron chi connectivity index (χ1n) is 9.94. The molecule has 0 aliphatic heterocycles. The Morgan fingerprint density at radius 1 is 0.552 bits per heavy atom. The van der Waals surface area contributed by atoms with Crippen LogP contribution in [-0.2, 0) is 5.54 Å². The zero-order valence-corrected chi connectivity index (χ0v) is 16.3. The molecule has 0 bridgehead atoms. The maximum atomic E-state index is 10.3. The summed E-state index contributed by atoms with van der Waals surface area (Å²) in [5.41, 5.74) is 3.85. The van der Waals surface area contributed by atoms with Crippen molar-refractivity contribution in [3.63, 3.8) is 0 Å². The Hall–Kier alpha value is -3.20. The van der Waals surface area contributed by atoms with E-state index in [0.717, 1.165) is 22.3 Å². The summed E-state index contributed by atoms with van der Waals surface area (Å²) < 4.78 is 0. The minimum Gasteiger partial charge on any atom is -0.394 e. The number of benzene rings is 4. The van der Waals surface area contributed by atoms with Gasteiger partial charge in [-0.05, 0) is 22.3 Å². The lowest BCUT2D eigenvalue weighted by molar-refractivity contribution is 0.223. The summed E-state index contributed by atoms with van der Waals surface area (Å²) in [5, 5.41) is 14.2. The van der Waals surface area contributed by atoms with E-state index in [4.69, 9.17) is 0 Å². The van der Waals surface area contributed by atoms with Crippen molar-refractivity contribution in [1.29, 1.82) is 0 Å². The Kier molecular flexibility index (Phi) is 5.85. The highest BCUT2D eigenvalue weighted by Gasteiger charge is 2.38. The fourth-order valence-electron chi connectivity index (χ4n) is 4.00. The van der Waals surface area contributed by atoms with Crippen LogP contribution in [0.1, 0.15) is 28.3 Å². The number of aliphatic hydroxyl groups excluding tert-OH is 1. The van der Waals surface area contributed by atoms with E-state index in [1.165, 1.54) is 0 Å². The number of hydrogen-bond donors (Lipinski definition) is 2. The second kappa shape index (κ2) is 8.87. The maximum absolute atomic E-state index is 10.3. The fraction of sp³-hybridized carbons (Fsp3) is 0.111. The molecule has 2 N–H and O–H groups in total. The van der Waals surface area contributed by atoms with Crippen LogP contribution in [0, 0.1) is 0 Å². The number of rotatable bonds is 7. The Morgan fingerprint density at radius 2 is 0.897 bits per heavy atom. The van der Waals surface area contributed by atoms with Gasteiger partial charge in [-0.25, -0.2) is 0 Å². The van der Waals surface area contributed by atoms with E-state index in [1.807, 2.05) is 36.4 Å². The molecule has 0 fully saturated rings. The summed E-state index contributed by atoms with van der Waals surface area (Å²) >= 11 is 0. The molecule has 1 unspecified atom stereocenters. The zero-order valence-electron chi connectivity index (χ0n) is 16.3. The molecule has 0 radical (unpaired) electrons. The van der Waals surface area contributed by atoms with Crippen molar-refractivity contribution in [2.45, 2.75) is 11.6 Å². The molecule has 0 aromatic heterocycles.